The van der Waals surface area contributed by atoms with E-state index < -0.39 is 0 Å². The van der Waals surface area contributed by atoms with Crippen LogP contribution >= 0.6 is 0 Å². The molecule has 3 heterocycles. The summed E-state index contributed by atoms with van der Waals surface area (Å²) in [5.74, 6) is 0.120. The summed E-state index contributed by atoms with van der Waals surface area (Å²) in [6.07, 6.45) is 7.01. The highest BCUT2D eigenvalue weighted by Gasteiger charge is 2.26. The van der Waals surface area contributed by atoms with Crippen LogP contribution < -0.4 is 4.90 Å². The van der Waals surface area contributed by atoms with Crippen LogP contribution in [0.15, 0.2) is 60.9 Å². The minimum Gasteiger partial charge on any atom is -0.346 e. The van der Waals surface area contributed by atoms with Crippen molar-refractivity contribution in [2.75, 3.05) is 25.0 Å². The third kappa shape index (κ3) is 3.38. The lowest BCUT2D eigenvalue weighted by Gasteiger charge is -2.33. The molecule has 1 unspecified atom stereocenters. The molecule has 1 amide bonds. The molecule has 138 valence electrons. The van der Waals surface area contributed by atoms with Crippen LogP contribution in [0.3, 0.4) is 0 Å². The van der Waals surface area contributed by atoms with Crippen LogP contribution in [0, 0.1) is 0 Å². The zero-order chi connectivity index (χ0) is 18.8. The van der Waals surface area contributed by atoms with Gasteiger partial charge in [-0.05, 0) is 43.2 Å². The van der Waals surface area contributed by atoms with Crippen molar-refractivity contribution >= 4 is 28.2 Å². The molecule has 0 fully saturated rings. The molecule has 3 aromatic rings. The molecular formula is C22H24N4O. The quantitative estimate of drug-likeness (QED) is 0.772. The van der Waals surface area contributed by atoms with Crippen LogP contribution in [-0.4, -0.2) is 47.0 Å². The van der Waals surface area contributed by atoms with Gasteiger partial charge in [0, 0.05) is 49.2 Å². The van der Waals surface area contributed by atoms with E-state index in [2.05, 4.69) is 27.0 Å². The molecule has 4 rings (SSSR count). The van der Waals surface area contributed by atoms with Gasteiger partial charge >= 0.3 is 0 Å². The van der Waals surface area contributed by atoms with Crippen molar-refractivity contribution in [3.63, 3.8) is 0 Å². The van der Waals surface area contributed by atoms with Crippen LogP contribution in [0.1, 0.15) is 18.9 Å². The van der Waals surface area contributed by atoms with E-state index in [1.807, 2.05) is 56.6 Å². The van der Waals surface area contributed by atoms with Crippen molar-refractivity contribution in [1.82, 2.24) is 14.9 Å². The first-order valence-electron chi connectivity index (χ1n) is 9.33. The van der Waals surface area contributed by atoms with Gasteiger partial charge in [0.05, 0.1) is 6.04 Å². The Bertz CT molecular complexity index is 976. The monoisotopic (exact) mass is 360 g/mol. The molecule has 1 atom stereocenters. The molecule has 0 radical (unpaired) electrons. The first-order chi connectivity index (χ1) is 13.1. The normalized spacial score (nSPS) is 16.1. The summed E-state index contributed by atoms with van der Waals surface area (Å²) >= 11 is 0. The van der Waals surface area contributed by atoms with Crippen LogP contribution in [0.5, 0.6) is 0 Å². The second-order valence-electron chi connectivity index (χ2n) is 6.98. The molecule has 0 bridgehead atoms. The number of anilines is 1. The van der Waals surface area contributed by atoms with E-state index in [1.165, 1.54) is 11.1 Å². The molecule has 0 spiro atoms. The highest BCUT2D eigenvalue weighted by atomic mass is 16.2. The first kappa shape index (κ1) is 17.5. The Labute approximate surface area is 159 Å². The average Bonchev–Trinajstić information content (AvgIpc) is 3.17. The maximum absolute atomic E-state index is 12.9. The van der Waals surface area contributed by atoms with Crippen molar-refractivity contribution in [1.29, 1.82) is 0 Å². The predicted octanol–water partition coefficient (Wildman–Crippen LogP) is 3.70. The van der Waals surface area contributed by atoms with Gasteiger partial charge in [0.2, 0.25) is 5.91 Å². The number of nitrogens with one attached hydrogen (secondary N) is 1. The number of aromatic nitrogens is 2. The number of rotatable bonds is 4. The molecule has 1 N–H and O–H groups in total. The summed E-state index contributed by atoms with van der Waals surface area (Å²) in [5.41, 5.74) is 4.39. The van der Waals surface area contributed by atoms with Gasteiger partial charge in [-0.15, -0.1) is 0 Å². The lowest BCUT2D eigenvalue weighted by Crippen LogP contribution is -2.47. The lowest BCUT2D eigenvalue weighted by molar-refractivity contribution is -0.122. The number of likely N-dealkylation sites (N-methyl/N-ethyl adjacent to an activating group) is 1. The van der Waals surface area contributed by atoms with E-state index in [4.69, 9.17) is 0 Å². The summed E-state index contributed by atoms with van der Waals surface area (Å²) in [5, 5.41) is 1.16. The highest BCUT2D eigenvalue weighted by molar-refractivity contribution is 5.96. The number of benzene rings is 1. The van der Waals surface area contributed by atoms with Gasteiger partial charge in [0.1, 0.15) is 5.65 Å². The van der Waals surface area contributed by atoms with Crippen molar-refractivity contribution in [2.45, 2.75) is 19.4 Å². The topological polar surface area (TPSA) is 52.2 Å². The van der Waals surface area contributed by atoms with Crippen molar-refractivity contribution in [3.8, 4) is 0 Å². The van der Waals surface area contributed by atoms with Gasteiger partial charge in [-0.3, -0.25) is 9.69 Å². The third-order valence-corrected chi connectivity index (χ3v) is 5.42. The minimum atomic E-state index is -0.155. The molecule has 1 aromatic carbocycles. The lowest BCUT2D eigenvalue weighted by atomic mass is 9.98. The number of hydrogen-bond donors (Lipinski definition) is 1. The Morgan fingerprint density at radius 3 is 2.78 bits per heavy atom. The summed E-state index contributed by atoms with van der Waals surface area (Å²) in [4.78, 5) is 24.5. The maximum atomic E-state index is 12.9. The van der Waals surface area contributed by atoms with Crippen molar-refractivity contribution < 1.29 is 4.79 Å². The fourth-order valence-electron chi connectivity index (χ4n) is 3.72. The SMILES string of the molecule is CC(C(=O)N(C)c1ccccc1)N1CC=C(c2c[nH]c3ncccc23)CC1. The molecule has 0 aliphatic carbocycles. The van der Waals surface area contributed by atoms with E-state index in [1.54, 1.807) is 11.1 Å². The highest BCUT2D eigenvalue weighted by Crippen LogP contribution is 2.29. The number of H-pyrrole nitrogens is 1. The Morgan fingerprint density at radius 1 is 1.22 bits per heavy atom. The van der Waals surface area contributed by atoms with Gasteiger partial charge in [-0.1, -0.05) is 24.3 Å². The molecule has 27 heavy (non-hydrogen) atoms. The zero-order valence-electron chi connectivity index (χ0n) is 15.7. The molecule has 0 saturated carbocycles. The van der Waals surface area contributed by atoms with Crippen molar-refractivity contribution in [2.24, 2.45) is 0 Å². The smallest absolute Gasteiger partial charge is 0.243 e. The van der Waals surface area contributed by atoms with Gasteiger partial charge in [0.25, 0.3) is 0 Å². The number of para-hydroxylation sites is 1. The van der Waals surface area contributed by atoms with E-state index >= 15 is 0 Å². The molecule has 1 aliphatic heterocycles. The van der Waals surface area contributed by atoms with Crippen LogP contribution in [-0.2, 0) is 4.79 Å². The largest absolute Gasteiger partial charge is 0.346 e. The summed E-state index contributed by atoms with van der Waals surface area (Å²) in [6, 6.07) is 13.7. The van der Waals surface area contributed by atoms with E-state index in [9.17, 15) is 4.79 Å². The fraction of sp³-hybridized carbons (Fsp3) is 0.273. The molecular weight excluding hydrogens is 336 g/mol. The van der Waals surface area contributed by atoms with Crippen molar-refractivity contribution in [3.05, 3.63) is 66.5 Å². The molecule has 1 aliphatic rings. The van der Waals surface area contributed by atoms with Gasteiger partial charge < -0.3 is 9.88 Å². The molecule has 5 nitrogen and oxygen atoms in total. The Morgan fingerprint density at radius 2 is 2.04 bits per heavy atom. The number of amides is 1. The molecule has 5 heteroatoms. The number of fused-ring (bicyclic) bond motifs is 1. The predicted molar refractivity (Wildman–Crippen MR) is 110 cm³/mol. The molecule has 2 aromatic heterocycles. The summed E-state index contributed by atoms with van der Waals surface area (Å²) < 4.78 is 0. The second kappa shape index (κ2) is 7.37. The van der Waals surface area contributed by atoms with Gasteiger partial charge in [0.15, 0.2) is 0 Å². The second-order valence-corrected chi connectivity index (χ2v) is 6.98. The Kier molecular flexibility index (Phi) is 4.77. The Hall–Kier alpha value is -2.92. The number of carbonyl (C=O) groups excluding carboxylic acids is 1. The van der Waals surface area contributed by atoms with Gasteiger partial charge in [-0.25, -0.2) is 4.98 Å². The van der Waals surface area contributed by atoms with E-state index in [0.717, 1.165) is 36.2 Å². The van der Waals surface area contributed by atoms with Crippen LogP contribution in [0.25, 0.3) is 16.6 Å². The Balaban J connectivity index is 1.47. The van der Waals surface area contributed by atoms with Crippen LogP contribution in [0.4, 0.5) is 5.69 Å². The van der Waals surface area contributed by atoms with E-state index in [0.29, 0.717) is 0 Å². The maximum Gasteiger partial charge on any atom is 0.243 e. The standard InChI is InChI=1S/C22H24N4O/c1-16(22(27)25(2)18-7-4-3-5-8-18)26-13-10-17(11-14-26)20-15-24-21-19(20)9-6-12-23-21/h3-10,12,15-16H,11,13-14H2,1-2H3,(H,23,24). The first-order valence-corrected chi connectivity index (χ1v) is 9.33. The average molecular weight is 360 g/mol. The zero-order valence-corrected chi connectivity index (χ0v) is 15.7. The minimum absolute atomic E-state index is 0.120. The number of aromatic amines is 1. The summed E-state index contributed by atoms with van der Waals surface area (Å²) in [7, 11) is 1.85. The van der Waals surface area contributed by atoms with E-state index in [-0.39, 0.29) is 11.9 Å². The summed E-state index contributed by atoms with van der Waals surface area (Å²) in [6.45, 7) is 3.64. The third-order valence-electron chi connectivity index (χ3n) is 5.42. The number of hydrogen-bond acceptors (Lipinski definition) is 3. The van der Waals surface area contributed by atoms with Gasteiger partial charge in [-0.2, -0.15) is 0 Å². The fourth-order valence-corrected chi connectivity index (χ4v) is 3.72. The van der Waals surface area contributed by atoms with Crippen LogP contribution in [0.2, 0.25) is 0 Å². The number of nitrogens with zero attached hydrogens (tertiary/aromatic N) is 3. The number of carbonyl (C=O) groups is 1. The molecule has 0 saturated heterocycles. The number of pyridine rings is 1.